The summed E-state index contributed by atoms with van der Waals surface area (Å²) in [6.07, 6.45) is 3.19. The maximum atomic E-state index is 6.02. The van der Waals surface area contributed by atoms with Gasteiger partial charge in [0.2, 0.25) is 5.95 Å². The van der Waals surface area contributed by atoms with E-state index in [0.29, 0.717) is 12.0 Å². The summed E-state index contributed by atoms with van der Waals surface area (Å²) >= 11 is 0. The molecule has 2 heterocycles. The highest BCUT2D eigenvalue weighted by atomic mass is 15.3. The topological polar surface area (TPSA) is 61.5 Å². The Labute approximate surface area is 168 Å². The fraction of sp³-hybridized carbons (Fsp3) is 0.545. The number of nitrogens with two attached hydrogens (primary N) is 1. The molecule has 1 aromatic carbocycles. The maximum Gasteiger partial charge on any atom is 0.227 e. The van der Waals surface area contributed by atoms with E-state index < -0.39 is 0 Å². The molecule has 1 saturated heterocycles. The van der Waals surface area contributed by atoms with Crippen molar-refractivity contribution >= 4 is 17.5 Å². The Kier molecular flexibility index (Phi) is 5.40. The Balaban J connectivity index is 1.54. The number of rotatable bonds is 4. The van der Waals surface area contributed by atoms with E-state index in [4.69, 9.17) is 15.7 Å². The van der Waals surface area contributed by atoms with Crippen LogP contribution in [0.15, 0.2) is 30.3 Å². The van der Waals surface area contributed by atoms with E-state index in [-0.39, 0.29) is 0 Å². The highest BCUT2D eigenvalue weighted by molar-refractivity contribution is 5.54. The van der Waals surface area contributed by atoms with Gasteiger partial charge < -0.3 is 20.4 Å². The van der Waals surface area contributed by atoms with Crippen molar-refractivity contribution in [3.05, 3.63) is 41.6 Å². The molecule has 0 unspecified atom stereocenters. The maximum absolute atomic E-state index is 6.02. The Morgan fingerprint density at radius 2 is 1.71 bits per heavy atom. The summed E-state index contributed by atoms with van der Waals surface area (Å²) in [7, 11) is 4.02. The molecular weight excluding hydrogens is 348 g/mol. The first-order chi connectivity index (χ1) is 13.5. The van der Waals surface area contributed by atoms with Gasteiger partial charge in [0.25, 0.3) is 0 Å². The number of hydrogen-bond acceptors (Lipinski definition) is 6. The zero-order valence-corrected chi connectivity index (χ0v) is 17.3. The van der Waals surface area contributed by atoms with E-state index in [1.54, 1.807) is 0 Å². The smallest absolute Gasteiger partial charge is 0.227 e. The number of anilines is 3. The predicted octanol–water partition coefficient (Wildman–Crippen LogP) is 2.77. The number of hydrogen-bond donors (Lipinski definition) is 1. The zero-order valence-electron chi connectivity index (χ0n) is 17.3. The number of nitrogens with zero attached hydrogens (tertiary/aromatic N) is 5. The molecule has 150 valence electrons. The van der Waals surface area contributed by atoms with E-state index in [1.807, 2.05) is 19.0 Å². The Bertz CT molecular complexity index is 814. The first-order valence-corrected chi connectivity index (χ1v) is 10.4. The monoisotopic (exact) mass is 380 g/mol. The fourth-order valence-corrected chi connectivity index (χ4v) is 4.22. The van der Waals surface area contributed by atoms with Crippen molar-refractivity contribution in [3.8, 4) is 0 Å². The van der Waals surface area contributed by atoms with Crippen LogP contribution in [0.4, 0.5) is 17.5 Å². The quantitative estimate of drug-likeness (QED) is 0.880. The summed E-state index contributed by atoms with van der Waals surface area (Å²) < 4.78 is 0. The van der Waals surface area contributed by atoms with E-state index in [2.05, 4.69) is 47.1 Å². The summed E-state index contributed by atoms with van der Waals surface area (Å²) in [5, 5.41) is 0. The molecule has 0 atom stereocenters. The van der Waals surface area contributed by atoms with Crippen LogP contribution in [0, 0.1) is 6.92 Å². The van der Waals surface area contributed by atoms with E-state index in [1.165, 1.54) is 11.3 Å². The van der Waals surface area contributed by atoms with Crippen LogP contribution in [0.3, 0.4) is 0 Å². The molecular formula is C22H32N6. The van der Waals surface area contributed by atoms with Crippen LogP contribution in [0.2, 0.25) is 0 Å². The van der Waals surface area contributed by atoms with Crippen molar-refractivity contribution in [1.82, 2.24) is 9.97 Å². The molecule has 1 aliphatic heterocycles. The van der Waals surface area contributed by atoms with Crippen LogP contribution in [0.1, 0.15) is 36.4 Å². The lowest BCUT2D eigenvalue weighted by Crippen LogP contribution is -2.36. The third-order valence-corrected chi connectivity index (χ3v) is 5.99. The molecule has 28 heavy (non-hydrogen) atoms. The molecule has 0 amide bonds. The number of aryl methyl sites for hydroxylation is 1. The minimum absolute atomic E-state index is 0.326. The summed E-state index contributed by atoms with van der Waals surface area (Å²) in [5.74, 6) is 2.33. The van der Waals surface area contributed by atoms with Gasteiger partial charge in [-0.1, -0.05) is 18.2 Å². The molecule has 2 fully saturated rings. The van der Waals surface area contributed by atoms with Crippen molar-refractivity contribution in [1.29, 1.82) is 0 Å². The second kappa shape index (κ2) is 7.95. The minimum atomic E-state index is 0.326. The van der Waals surface area contributed by atoms with E-state index in [0.717, 1.165) is 62.9 Å². The molecule has 0 spiro atoms. The van der Waals surface area contributed by atoms with Crippen molar-refractivity contribution < 1.29 is 0 Å². The standard InChI is InChI=1S/C22H32N6/c1-16-7-4-5-8-20(16)27-9-6-10-28(12-11-27)21-15-19(17-13-18(23)14-17)24-22(25-21)26(2)3/h4-5,7-8,15,17-18H,6,9-14,23H2,1-3H3. The highest BCUT2D eigenvalue weighted by Crippen LogP contribution is 2.36. The minimum Gasteiger partial charge on any atom is -0.369 e. The summed E-state index contributed by atoms with van der Waals surface area (Å²) in [6, 6.07) is 11.2. The molecule has 6 heteroatoms. The lowest BCUT2D eigenvalue weighted by Gasteiger charge is -2.33. The SMILES string of the molecule is Cc1ccccc1N1CCCN(c2cc(C3CC(N)C3)nc(N(C)C)n2)CC1. The zero-order chi connectivity index (χ0) is 19.7. The van der Waals surface area contributed by atoms with Gasteiger partial charge in [-0.15, -0.1) is 0 Å². The normalized spacial score (nSPS) is 22.6. The Morgan fingerprint density at radius 1 is 1.00 bits per heavy atom. The molecule has 1 aliphatic carbocycles. The van der Waals surface area contributed by atoms with Crippen LogP contribution in [-0.2, 0) is 0 Å². The average Bonchev–Trinajstić information content (AvgIpc) is 2.91. The van der Waals surface area contributed by atoms with Crippen LogP contribution in [0.5, 0.6) is 0 Å². The van der Waals surface area contributed by atoms with Crippen molar-refractivity contribution in [3.63, 3.8) is 0 Å². The molecule has 0 bridgehead atoms. The summed E-state index contributed by atoms with van der Waals surface area (Å²) in [6.45, 7) is 6.28. The largest absolute Gasteiger partial charge is 0.369 e. The molecule has 6 nitrogen and oxygen atoms in total. The van der Waals surface area contributed by atoms with Gasteiger partial charge in [-0.25, -0.2) is 4.98 Å². The molecule has 1 saturated carbocycles. The number of aromatic nitrogens is 2. The van der Waals surface area contributed by atoms with Crippen molar-refractivity contribution in [2.75, 3.05) is 55.0 Å². The lowest BCUT2D eigenvalue weighted by atomic mass is 9.78. The third-order valence-electron chi connectivity index (χ3n) is 5.99. The lowest BCUT2D eigenvalue weighted by molar-refractivity contribution is 0.345. The molecule has 2 N–H and O–H groups in total. The Morgan fingerprint density at radius 3 is 2.43 bits per heavy atom. The number of benzene rings is 1. The van der Waals surface area contributed by atoms with Gasteiger partial charge in [-0.05, 0) is 37.8 Å². The van der Waals surface area contributed by atoms with Crippen LogP contribution >= 0.6 is 0 Å². The molecule has 0 radical (unpaired) electrons. The molecule has 4 rings (SSSR count). The second-order valence-corrected chi connectivity index (χ2v) is 8.39. The predicted molar refractivity (Wildman–Crippen MR) is 117 cm³/mol. The molecule has 2 aromatic rings. The van der Waals surface area contributed by atoms with Gasteiger partial charge in [0, 0.05) is 64.0 Å². The van der Waals surface area contributed by atoms with Gasteiger partial charge >= 0.3 is 0 Å². The second-order valence-electron chi connectivity index (χ2n) is 8.39. The average molecular weight is 381 g/mol. The fourth-order valence-electron chi connectivity index (χ4n) is 4.22. The molecule has 2 aliphatic rings. The van der Waals surface area contributed by atoms with Gasteiger partial charge in [0.05, 0.1) is 5.69 Å². The third kappa shape index (κ3) is 3.92. The van der Waals surface area contributed by atoms with E-state index in [9.17, 15) is 0 Å². The van der Waals surface area contributed by atoms with Crippen LogP contribution in [0.25, 0.3) is 0 Å². The van der Waals surface area contributed by atoms with Gasteiger partial charge in [-0.3, -0.25) is 0 Å². The first kappa shape index (κ1) is 19.0. The molecule has 1 aromatic heterocycles. The van der Waals surface area contributed by atoms with E-state index >= 15 is 0 Å². The summed E-state index contributed by atoms with van der Waals surface area (Å²) in [5.41, 5.74) is 9.86. The van der Waals surface area contributed by atoms with Gasteiger partial charge in [0.15, 0.2) is 0 Å². The number of para-hydroxylation sites is 1. The summed E-state index contributed by atoms with van der Waals surface area (Å²) in [4.78, 5) is 16.6. The Hall–Kier alpha value is -2.34. The highest BCUT2D eigenvalue weighted by Gasteiger charge is 2.30. The van der Waals surface area contributed by atoms with Gasteiger partial charge in [0.1, 0.15) is 5.82 Å². The van der Waals surface area contributed by atoms with Gasteiger partial charge in [-0.2, -0.15) is 4.98 Å². The van der Waals surface area contributed by atoms with Crippen molar-refractivity contribution in [2.24, 2.45) is 5.73 Å². The van der Waals surface area contributed by atoms with Crippen LogP contribution in [-0.4, -0.2) is 56.3 Å². The van der Waals surface area contributed by atoms with Crippen molar-refractivity contribution in [2.45, 2.75) is 38.1 Å². The van der Waals surface area contributed by atoms with Crippen LogP contribution < -0.4 is 20.4 Å². The first-order valence-electron chi connectivity index (χ1n) is 10.4.